The largest absolute Gasteiger partial charge is 0.330 e. The molecular formula is C13H17N3S. The first-order chi connectivity index (χ1) is 8.14. The molecule has 1 heterocycles. The van der Waals surface area contributed by atoms with Gasteiger partial charge < -0.3 is 5.73 Å². The number of rotatable bonds is 4. The van der Waals surface area contributed by atoms with Crippen LogP contribution in [-0.4, -0.2) is 16.7 Å². The molecule has 0 aliphatic heterocycles. The van der Waals surface area contributed by atoms with E-state index in [1.54, 1.807) is 11.3 Å². The molecule has 2 rings (SSSR count). The van der Waals surface area contributed by atoms with Gasteiger partial charge in [-0.25, -0.2) is 0 Å². The van der Waals surface area contributed by atoms with Crippen LogP contribution in [0.15, 0.2) is 30.3 Å². The molecular weight excluding hydrogens is 230 g/mol. The lowest BCUT2D eigenvalue weighted by molar-refractivity contribution is 0.625. The second kappa shape index (κ2) is 4.94. The predicted molar refractivity (Wildman–Crippen MR) is 71.2 cm³/mol. The van der Waals surface area contributed by atoms with Crippen LogP contribution in [0.4, 0.5) is 0 Å². The maximum absolute atomic E-state index is 5.53. The van der Waals surface area contributed by atoms with Crippen molar-refractivity contribution in [1.29, 1.82) is 0 Å². The summed E-state index contributed by atoms with van der Waals surface area (Å²) < 4.78 is 0. The Morgan fingerprint density at radius 3 is 2.53 bits per heavy atom. The van der Waals surface area contributed by atoms with Crippen LogP contribution in [0.1, 0.15) is 29.4 Å². The molecule has 1 aromatic carbocycles. The van der Waals surface area contributed by atoms with Gasteiger partial charge in [0.15, 0.2) is 0 Å². The molecule has 0 unspecified atom stereocenters. The van der Waals surface area contributed by atoms with Crippen LogP contribution >= 0.6 is 11.3 Å². The van der Waals surface area contributed by atoms with E-state index in [9.17, 15) is 0 Å². The Morgan fingerprint density at radius 2 is 1.88 bits per heavy atom. The fourth-order valence-corrected chi connectivity index (χ4v) is 2.69. The topological polar surface area (TPSA) is 51.8 Å². The number of nitrogens with two attached hydrogens (primary N) is 1. The normalized spacial score (nSPS) is 11.7. The molecule has 2 aromatic rings. The van der Waals surface area contributed by atoms with E-state index in [1.807, 2.05) is 6.07 Å². The predicted octanol–water partition coefficient (Wildman–Crippen LogP) is 2.37. The minimum absolute atomic E-state index is 0.0915. The van der Waals surface area contributed by atoms with Crippen molar-refractivity contribution in [3.8, 4) is 0 Å². The van der Waals surface area contributed by atoms with Crippen molar-refractivity contribution in [1.82, 2.24) is 10.2 Å². The molecule has 0 radical (unpaired) electrons. The van der Waals surface area contributed by atoms with Gasteiger partial charge in [0.1, 0.15) is 10.0 Å². The van der Waals surface area contributed by atoms with Gasteiger partial charge in [-0.2, -0.15) is 0 Å². The molecule has 0 bridgehead atoms. The van der Waals surface area contributed by atoms with Gasteiger partial charge >= 0.3 is 0 Å². The Kier molecular flexibility index (Phi) is 3.54. The Bertz CT molecular complexity index is 476. The van der Waals surface area contributed by atoms with E-state index in [2.05, 4.69) is 48.3 Å². The number of benzene rings is 1. The monoisotopic (exact) mass is 247 g/mol. The summed E-state index contributed by atoms with van der Waals surface area (Å²) in [7, 11) is 0. The number of hydrogen-bond acceptors (Lipinski definition) is 4. The highest BCUT2D eigenvalue weighted by Gasteiger charge is 2.27. The standard InChI is InChI=1S/C13H17N3S/c1-13(2,10-6-4-3-5-7-10)12-16-15-11(17-12)8-9-14/h3-7H,8-9,14H2,1-2H3. The zero-order chi connectivity index (χ0) is 12.3. The van der Waals surface area contributed by atoms with Crippen molar-refractivity contribution >= 4 is 11.3 Å². The van der Waals surface area contributed by atoms with Crippen molar-refractivity contribution in [2.75, 3.05) is 6.54 Å². The molecule has 1 aromatic heterocycles. The quantitative estimate of drug-likeness (QED) is 0.902. The fourth-order valence-electron chi connectivity index (χ4n) is 1.71. The maximum Gasteiger partial charge on any atom is 0.127 e. The van der Waals surface area contributed by atoms with E-state index in [0.717, 1.165) is 16.4 Å². The van der Waals surface area contributed by atoms with Crippen LogP contribution in [-0.2, 0) is 11.8 Å². The van der Waals surface area contributed by atoms with Gasteiger partial charge in [-0.1, -0.05) is 30.3 Å². The summed E-state index contributed by atoms with van der Waals surface area (Å²) >= 11 is 1.66. The summed E-state index contributed by atoms with van der Waals surface area (Å²) in [5.74, 6) is 0. The van der Waals surface area contributed by atoms with Gasteiger partial charge in [-0.15, -0.1) is 21.5 Å². The zero-order valence-corrected chi connectivity index (χ0v) is 11.0. The maximum atomic E-state index is 5.53. The summed E-state index contributed by atoms with van der Waals surface area (Å²) in [5.41, 5.74) is 6.70. The fraction of sp³-hybridized carbons (Fsp3) is 0.385. The number of aromatic nitrogens is 2. The average Bonchev–Trinajstić information content (AvgIpc) is 2.80. The Balaban J connectivity index is 2.31. The molecule has 0 atom stereocenters. The zero-order valence-electron chi connectivity index (χ0n) is 10.2. The minimum Gasteiger partial charge on any atom is -0.330 e. The van der Waals surface area contributed by atoms with E-state index < -0.39 is 0 Å². The van der Waals surface area contributed by atoms with Crippen LogP contribution in [0, 0.1) is 0 Å². The lowest BCUT2D eigenvalue weighted by Crippen LogP contribution is -2.18. The molecule has 0 saturated heterocycles. The highest BCUT2D eigenvalue weighted by atomic mass is 32.1. The second-order valence-corrected chi connectivity index (χ2v) is 5.59. The summed E-state index contributed by atoms with van der Waals surface area (Å²) in [6.45, 7) is 4.98. The van der Waals surface area contributed by atoms with E-state index in [1.165, 1.54) is 5.56 Å². The Hall–Kier alpha value is -1.26. The van der Waals surface area contributed by atoms with Crippen molar-refractivity contribution in [3.63, 3.8) is 0 Å². The summed E-state index contributed by atoms with van der Waals surface area (Å²) in [6, 6.07) is 10.4. The summed E-state index contributed by atoms with van der Waals surface area (Å²) in [5, 5.41) is 10.6. The smallest absolute Gasteiger partial charge is 0.127 e. The minimum atomic E-state index is -0.0915. The molecule has 0 aliphatic rings. The average molecular weight is 247 g/mol. The van der Waals surface area contributed by atoms with Gasteiger partial charge in [-0.05, 0) is 26.0 Å². The van der Waals surface area contributed by atoms with Crippen LogP contribution in [0.3, 0.4) is 0 Å². The van der Waals surface area contributed by atoms with Crippen LogP contribution < -0.4 is 5.73 Å². The van der Waals surface area contributed by atoms with Crippen LogP contribution in [0.2, 0.25) is 0 Å². The molecule has 0 spiro atoms. The van der Waals surface area contributed by atoms with Crippen LogP contribution in [0.25, 0.3) is 0 Å². The molecule has 4 heteroatoms. The van der Waals surface area contributed by atoms with Gasteiger partial charge in [0.05, 0.1) is 0 Å². The second-order valence-electron chi connectivity index (χ2n) is 4.53. The molecule has 90 valence electrons. The van der Waals surface area contributed by atoms with Gasteiger partial charge in [0, 0.05) is 11.8 Å². The third kappa shape index (κ3) is 2.53. The van der Waals surface area contributed by atoms with E-state index in [0.29, 0.717) is 6.54 Å². The van der Waals surface area contributed by atoms with Crippen LogP contribution in [0.5, 0.6) is 0 Å². The van der Waals surface area contributed by atoms with E-state index >= 15 is 0 Å². The molecule has 3 nitrogen and oxygen atoms in total. The molecule has 0 saturated carbocycles. The van der Waals surface area contributed by atoms with Crippen molar-refractivity contribution in [3.05, 3.63) is 45.9 Å². The molecule has 2 N–H and O–H groups in total. The third-order valence-corrected chi connectivity index (χ3v) is 4.16. The van der Waals surface area contributed by atoms with E-state index in [-0.39, 0.29) is 5.41 Å². The first-order valence-electron chi connectivity index (χ1n) is 5.73. The highest BCUT2D eigenvalue weighted by Crippen LogP contribution is 2.33. The van der Waals surface area contributed by atoms with Crippen molar-refractivity contribution < 1.29 is 0 Å². The molecule has 0 aliphatic carbocycles. The first kappa shape index (κ1) is 12.2. The summed E-state index contributed by atoms with van der Waals surface area (Å²) in [4.78, 5) is 0. The third-order valence-electron chi connectivity index (χ3n) is 2.86. The molecule has 0 amide bonds. The summed E-state index contributed by atoms with van der Waals surface area (Å²) in [6.07, 6.45) is 0.808. The highest BCUT2D eigenvalue weighted by molar-refractivity contribution is 7.11. The number of nitrogens with zero attached hydrogens (tertiary/aromatic N) is 2. The number of hydrogen-bond donors (Lipinski definition) is 1. The first-order valence-corrected chi connectivity index (χ1v) is 6.54. The van der Waals surface area contributed by atoms with Crippen molar-refractivity contribution in [2.24, 2.45) is 5.73 Å². The Morgan fingerprint density at radius 1 is 1.18 bits per heavy atom. The molecule has 0 fully saturated rings. The van der Waals surface area contributed by atoms with E-state index in [4.69, 9.17) is 5.73 Å². The lowest BCUT2D eigenvalue weighted by Gasteiger charge is -2.21. The molecule has 17 heavy (non-hydrogen) atoms. The lowest BCUT2D eigenvalue weighted by atomic mass is 9.85. The van der Waals surface area contributed by atoms with Crippen molar-refractivity contribution in [2.45, 2.75) is 25.7 Å². The van der Waals surface area contributed by atoms with Gasteiger partial charge in [0.25, 0.3) is 0 Å². The SMILES string of the molecule is CC(C)(c1ccccc1)c1nnc(CCN)s1. The van der Waals surface area contributed by atoms with Gasteiger partial charge in [0.2, 0.25) is 0 Å². The van der Waals surface area contributed by atoms with Gasteiger partial charge in [-0.3, -0.25) is 0 Å². The Labute approximate surface area is 106 Å².